The minimum absolute atomic E-state index is 0.451. The molecule has 0 spiro atoms. The molecule has 1 rings (SSSR count). The normalized spacial score (nSPS) is 9.50. The summed E-state index contributed by atoms with van der Waals surface area (Å²) < 4.78 is 5.03. The maximum absolute atomic E-state index is 10.5. The van der Waals surface area contributed by atoms with Crippen LogP contribution in [0, 0.1) is 6.92 Å². The lowest BCUT2D eigenvalue weighted by atomic mass is 10.1. The quantitative estimate of drug-likeness (QED) is 0.532. The van der Waals surface area contributed by atoms with Crippen LogP contribution in [0.1, 0.15) is 15.9 Å². The standard InChI is InChI=1S/C9H11NO2/c1-6-3-7(5-11)8(10)4-9(6)12-2/h3-5H,10H2,1-2H3. The van der Waals surface area contributed by atoms with Crippen molar-refractivity contribution in [3.63, 3.8) is 0 Å². The first kappa shape index (κ1) is 8.59. The van der Waals surface area contributed by atoms with E-state index < -0.39 is 0 Å². The van der Waals surface area contributed by atoms with E-state index in [0.717, 1.165) is 11.8 Å². The predicted octanol–water partition coefficient (Wildman–Crippen LogP) is 1.40. The van der Waals surface area contributed by atoms with Crippen LogP contribution in [0.5, 0.6) is 5.75 Å². The predicted molar refractivity (Wildman–Crippen MR) is 47.5 cm³/mol. The van der Waals surface area contributed by atoms with E-state index in [1.807, 2.05) is 6.92 Å². The molecule has 0 atom stereocenters. The monoisotopic (exact) mass is 165 g/mol. The van der Waals surface area contributed by atoms with E-state index in [2.05, 4.69) is 0 Å². The fourth-order valence-corrected chi connectivity index (χ4v) is 1.05. The summed E-state index contributed by atoms with van der Waals surface area (Å²) in [5.74, 6) is 0.707. The summed E-state index contributed by atoms with van der Waals surface area (Å²) in [7, 11) is 1.57. The fourth-order valence-electron chi connectivity index (χ4n) is 1.05. The van der Waals surface area contributed by atoms with Gasteiger partial charge in [0.2, 0.25) is 0 Å². The molecule has 0 aliphatic rings. The molecule has 0 radical (unpaired) electrons. The first-order valence-electron chi connectivity index (χ1n) is 3.58. The molecule has 0 aliphatic heterocycles. The van der Waals surface area contributed by atoms with Crippen LogP contribution in [0.15, 0.2) is 12.1 Å². The van der Waals surface area contributed by atoms with Gasteiger partial charge in [-0.1, -0.05) is 0 Å². The Morgan fingerprint density at radius 2 is 2.17 bits per heavy atom. The van der Waals surface area contributed by atoms with Crippen LogP contribution in [0.25, 0.3) is 0 Å². The van der Waals surface area contributed by atoms with Gasteiger partial charge in [0.1, 0.15) is 5.75 Å². The molecule has 2 N–H and O–H groups in total. The molecule has 0 fully saturated rings. The van der Waals surface area contributed by atoms with Crippen molar-refractivity contribution in [2.45, 2.75) is 6.92 Å². The van der Waals surface area contributed by atoms with E-state index in [1.54, 1.807) is 19.2 Å². The molecule has 12 heavy (non-hydrogen) atoms. The zero-order valence-corrected chi connectivity index (χ0v) is 7.13. The molecule has 0 bridgehead atoms. The van der Waals surface area contributed by atoms with Gasteiger partial charge in [-0.2, -0.15) is 0 Å². The summed E-state index contributed by atoms with van der Waals surface area (Å²) in [6, 6.07) is 3.36. The Bertz CT molecular complexity index is 308. The van der Waals surface area contributed by atoms with E-state index in [-0.39, 0.29) is 0 Å². The Hall–Kier alpha value is -1.51. The second-order valence-corrected chi connectivity index (χ2v) is 2.57. The Morgan fingerprint density at radius 1 is 1.50 bits per heavy atom. The average Bonchev–Trinajstić information content (AvgIpc) is 2.08. The van der Waals surface area contributed by atoms with E-state index in [0.29, 0.717) is 17.0 Å². The minimum Gasteiger partial charge on any atom is -0.496 e. The minimum atomic E-state index is 0.451. The van der Waals surface area contributed by atoms with Gasteiger partial charge in [0, 0.05) is 17.3 Å². The Labute approximate surface area is 71.1 Å². The molecule has 3 heteroatoms. The molecule has 1 aromatic rings. The Morgan fingerprint density at radius 3 is 2.67 bits per heavy atom. The Balaban J connectivity index is 3.25. The van der Waals surface area contributed by atoms with E-state index in [9.17, 15) is 4.79 Å². The van der Waals surface area contributed by atoms with Crippen molar-refractivity contribution in [1.29, 1.82) is 0 Å². The summed E-state index contributed by atoms with van der Waals surface area (Å²) in [5.41, 5.74) is 7.44. The Kier molecular flexibility index (Phi) is 2.33. The number of carbonyl (C=O) groups is 1. The van der Waals surface area contributed by atoms with Crippen molar-refractivity contribution in [3.8, 4) is 5.75 Å². The maximum Gasteiger partial charge on any atom is 0.152 e. The lowest BCUT2D eigenvalue weighted by molar-refractivity contribution is 0.112. The zero-order valence-electron chi connectivity index (χ0n) is 7.13. The maximum atomic E-state index is 10.5. The molecular formula is C9H11NO2. The molecule has 0 unspecified atom stereocenters. The third-order valence-corrected chi connectivity index (χ3v) is 1.73. The van der Waals surface area contributed by atoms with Gasteiger partial charge < -0.3 is 10.5 Å². The highest BCUT2D eigenvalue weighted by molar-refractivity contribution is 5.84. The van der Waals surface area contributed by atoms with Crippen LogP contribution >= 0.6 is 0 Å². The smallest absolute Gasteiger partial charge is 0.152 e. The van der Waals surface area contributed by atoms with Crippen LogP contribution in [-0.4, -0.2) is 13.4 Å². The number of rotatable bonds is 2. The molecule has 0 aromatic heterocycles. The van der Waals surface area contributed by atoms with Crippen molar-refractivity contribution < 1.29 is 9.53 Å². The van der Waals surface area contributed by atoms with Crippen LogP contribution in [0.3, 0.4) is 0 Å². The van der Waals surface area contributed by atoms with E-state index in [1.165, 1.54) is 0 Å². The number of nitrogens with two attached hydrogens (primary N) is 1. The molecule has 3 nitrogen and oxygen atoms in total. The van der Waals surface area contributed by atoms with Gasteiger partial charge in [0.15, 0.2) is 6.29 Å². The summed E-state index contributed by atoms with van der Waals surface area (Å²) in [5, 5.41) is 0. The number of hydrogen-bond donors (Lipinski definition) is 1. The van der Waals surface area contributed by atoms with Gasteiger partial charge in [0.25, 0.3) is 0 Å². The summed E-state index contributed by atoms with van der Waals surface area (Å²) in [4.78, 5) is 10.5. The van der Waals surface area contributed by atoms with Crippen molar-refractivity contribution >= 4 is 12.0 Å². The molecule has 0 saturated carbocycles. The van der Waals surface area contributed by atoms with Crippen molar-refractivity contribution in [1.82, 2.24) is 0 Å². The molecule has 0 saturated heterocycles. The SMILES string of the molecule is COc1cc(N)c(C=O)cc1C. The van der Waals surface area contributed by atoms with Gasteiger partial charge in [0.05, 0.1) is 7.11 Å². The highest BCUT2D eigenvalue weighted by atomic mass is 16.5. The van der Waals surface area contributed by atoms with Gasteiger partial charge in [-0.3, -0.25) is 4.79 Å². The molecule has 64 valence electrons. The highest BCUT2D eigenvalue weighted by Crippen LogP contribution is 2.23. The number of hydrogen-bond acceptors (Lipinski definition) is 3. The van der Waals surface area contributed by atoms with Crippen molar-refractivity contribution in [3.05, 3.63) is 23.3 Å². The van der Waals surface area contributed by atoms with Crippen LogP contribution in [0.2, 0.25) is 0 Å². The summed E-state index contributed by atoms with van der Waals surface area (Å²) in [6.45, 7) is 1.87. The molecule has 0 heterocycles. The number of aryl methyl sites for hydroxylation is 1. The number of methoxy groups -OCH3 is 1. The van der Waals surface area contributed by atoms with Crippen molar-refractivity contribution in [2.24, 2.45) is 0 Å². The molecule has 1 aromatic carbocycles. The average molecular weight is 165 g/mol. The number of anilines is 1. The lowest BCUT2D eigenvalue weighted by Gasteiger charge is -2.06. The van der Waals surface area contributed by atoms with Crippen LogP contribution in [-0.2, 0) is 0 Å². The highest BCUT2D eigenvalue weighted by Gasteiger charge is 2.03. The molecular weight excluding hydrogens is 154 g/mol. The zero-order chi connectivity index (χ0) is 9.14. The lowest BCUT2D eigenvalue weighted by Crippen LogP contribution is -1.96. The number of carbonyl (C=O) groups excluding carboxylic acids is 1. The topological polar surface area (TPSA) is 52.3 Å². The number of benzene rings is 1. The molecule has 0 aliphatic carbocycles. The second kappa shape index (κ2) is 3.26. The number of aldehydes is 1. The largest absolute Gasteiger partial charge is 0.496 e. The van der Waals surface area contributed by atoms with E-state index >= 15 is 0 Å². The molecule has 0 amide bonds. The first-order chi connectivity index (χ1) is 5.69. The van der Waals surface area contributed by atoms with Gasteiger partial charge in [-0.25, -0.2) is 0 Å². The van der Waals surface area contributed by atoms with Gasteiger partial charge in [-0.05, 0) is 18.6 Å². The summed E-state index contributed by atoms with van der Waals surface area (Å²) in [6.07, 6.45) is 0.738. The van der Waals surface area contributed by atoms with Gasteiger partial charge in [-0.15, -0.1) is 0 Å². The number of ether oxygens (including phenoxy) is 1. The first-order valence-corrected chi connectivity index (χ1v) is 3.58. The number of nitrogen functional groups attached to an aromatic ring is 1. The van der Waals surface area contributed by atoms with E-state index in [4.69, 9.17) is 10.5 Å². The van der Waals surface area contributed by atoms with Crippen LogP contribution in [0.4, 0.5) is 5.69 Å². The summed E-state index contributed by atoms with van der Waals surface area (Å²) >= 11 is 0. The van der Waals surface area contributed by atoms with Crippen molar-refractivity contribution in [2.75, 3.05) is 12.8 Å². The second-order valence-electron chi connectivity index (χ2n) is 2.57. The van der Waals surface area contributed by atoms with Gasteiger partial charge >= 0.3 is 0 Å². The third kappa shape index (κ3) is 1.39. The fraction of sp³-hybridized carbons (Fsp3) is 0.222. The van der Waals surface area contributed by atoms with Crippen LogP contribution < -0.4 is 10.5 Å². The third-order valence-electron chi connectivity index (χ3n) is 1.73.